The van der Waals surface area contributed by atoms with Crippen LogP contribution in [0, 0.1) is 6.92 Å². The summed E-state index contributed by atoms with van der Waals surface area (Å²) in [5, 5.41) is 0.827. The van der Waals surface area contributed by atoms with Crippen LogP contribution >= 0.6 is 15.9 Å². The Morgan fingerprint density at radius 3 is 2.68 bits per heavy atom. The molecule has 0 aliphatic heterocycles. The molecule has 3 aromatic rings. The molecule has 0 radical (unpaired) electrons. The minimum Gasteiger partial charge on any atom is -0.327 e. The Labute approximate surface area is 168 Å². The zero-order valence-electron chi connectivity index (χ0n) is 15.3. The van der Waals surface area contributed by atoms with Crippen molar-refractivity contribution in [3.8, 4) is 0 Å². The fourth-order valence-electron chi connectivity index (χ4n) is 3.47. The van der Waals surface area contributed by atoms with E-state index in [4.69, 9.17) is 0 Å². The van der Waals surface area contributed by atoms with Crippen LogP contribution in [-0.4, -0.2) is 14.5 Å². The van der Waals surface area contributed by atoms with Gasteiger partial charge in [0.1, 0.15) is 4.60 Å². The molecule has 2 heterocycles. The third-order valence-corrected chi connectivity index (χ3v) is 5.49. The molecule has 28 heavy (non-hydrogen) atoms. The maximum absolute atomic E-state index is 13.2. The Balaban J connectivity index is 1.85. The lowest BCUT2D eigenvalue weighted by Crippen LogP contribution is -2.16. The maximum atomic E-state index is 13.2. The summed E-state index contributed by atoms with van der Waals surface area (Å²) in [6.07, 6.45) is 1.35. The summed E-state index contributed by atoms with van der Waals surface area (Å²) in [6.45, 7) is 3.27. The SMILES string of the molecule is Cc1c(C(C)N=c2ncn(C3CC3)c3cnc(Br)cc23)cccc1C(F)(F)F. The molecule has 8 heteroatoms. The first-order chi connectivity index (χ1) is 13.3. The molecule has 0 bridgehead atoms. The number of hydrogen-bond acceptors (Lipinski definition) is 3. The summed E-state index contributed by atoms with van der Waals surface area (Å²) in [5.74, 6) is 0. The third kappa shape index (κ3) is 3.57. The smallest absolute Gasteiger partial charge is 0.327 e. The lowest BCUT2D eigenvalue weighted by molar-refractivity contribution is -0.138. The van der Waals surface area contributed by atoms with Gasteiger partial charge in [-0.25, -0.2) is 9.97 Å². The fraction of sp³-hybridized carbons (Fsp3) is 0.350. The Morgan fingerprint density at radius 2 is 2.00 bits per heavy atom. The molecular weight excluding hydrogens is 433 g/mol. The molecule has 1 saturated carbocycles. The maximum Gasteiger partial charge on any atom is 0.416 e. The van der Waals surface area contributed by atoms with Gasteiger partial charge >= 0.3 is 6.18 Å². The molecular formula is C20H18BrF3N4. The minimum atomic E-state index is -4.39. The van der Waals surface area contributed by atoms with E-state index in [9.17, 15) is 13.2 Å². The van der Waals surface area contributed by atoms with E-state index >= 15 is 0 Å². The van der Waals surface area contributed by atoms with Gasteiger partial charge in [-0.05, 0) is 65.9 Å². The first-order valence-electron chi connectivity index (χ1n) is 8.98. The van der Waals surface area contributed by atoms with Gasteiger partial charge in [-0.1, -0.05) is 12.1 Å². The number of nitrogens with zero attached hydrogens (tertiary/aromatic N) is 4. The van der Waals surface area contributed by atoms with E-state index in [1.165, 1.54) is 13.0 Å². The second-order valence-electron chi connectivity index (χ2n) is 7.05. The number of pyridine rings is 1. The van der Waals surface area contributed by atoms with Crippen molar-refractivity contribution in [2.24, 2.45) is 4.99 Å². The Hall–Kier alpha value is -2.22. The second-order valence-corrected chi connectivity index (χ2v) is 7.87. The first-order valence-corrected chi connectivity index (χ1v) is 9.78. The molecule has 1 aliphatic carbocycles. The van der Waals surface area contributed by atoms with Crippen molar-refractivity contribution in [1.29, 1.82) is 0 Å². The van der Waals surface area contributed by atoms with Crippen LogP contribution in [0.3, 0.4) is 0 Å². The number of hydrogen-bond donors (Lipinski definition) is 0. The van der Waals surface area contributed by atoms with Crippen molar-refractivity contribution in [3.05, 3.63) is 63.6 Å². The predicted molar refractivity (Wildman–Crippen MR) is 104 cm³/mol. The molecule has 1 fully saturated rings. The molecule has 1 atom stereocenters. The number of rotatable bonds is 3. The highest BCUT2D eigenvalue weighted by molar-refractivity contribution is 9.10. The first kappa shape index (κ1) is 19.1. The lowest BCUT2D eigenvalue weighted by atomic mass is 9.97. The van der Waals surface area contributed by atoms with E-state index in [-0.39, 0.29) is 5.56 Å². The van der Waals surface area contributed by atoms with Gasteiger partial charge in [-0.15, -0.1) is 0 Å². The number of aromatic nitrogens is 3. The number of fused-ring (bicyclic) bond motifs is 1. The predicted octanol–water partition coefficient (Wildman–Crippen LogP) is 5.52. The molecule has 0 N–H and O–H groups in total. The molecule has 4 rings (SSSR count). The van der Waals surface area contributed by atoms with E-state index in [1.54, 1.807) is 25.5 Å². The summed E-state index contributed by atoms with van der Waals surface area (Å²) >= 11 is 3.38. The van der Waals surface area contributed by atoms with Crippen molar-refractivity contribution < 1.29 is 13.2 Å². The number of halogens is 4. The van der Waals surface area contributed by atoms with Crippen molar-refractivity contribution in [1.82, 2.24) is 14.5 Å². The Morgan fingerprint density at radius 1 is 1.25 bits per heavy atom. The number of benzene rings is 1. The quantitative estimate of drug-likeness (QED) is 0.493. The van der Waals surface area contributed by atoms with Crippen LogP contribution < -0.4 is 5.49 Å². The standard InChI is InChI=1S/C20H18BrF3N4/c1-11-14(4-3-5-16(11)20(22,23)24)12(2)27-19-15-8-18(21)25-9-17(15)28(10-26-19)13-6-7-13/h3-5,8-10,12-13H,6-7H2,1-2H3. The van der Waals surface area contributed by atoms with Gasteiger partial charge in [-0.3, -0.25) is 4.99 Å². The van der Waals surface area contributed by atoms with Crippen molar-refractivity contribution in [3.63, 3.8) is 0 Å². The van der Waals surface area contributed by atoms with Crippen LogP contribution in [0.25, 0.3) is 10.9 Å². The largest absolute Gasteiger partial charge is 0.416 e. The normalized spacial score (nSPS) is 16.6. The molecule has 0 amide bonds. The van der Waals surface area contributed by atoms with Gasteiger partial charge in [0.25, 0.3) is 0 Å². The topological polar surface area (TPSA) is 43.1 Å². The zero-order chi connectivity index (χ0) is 20.1. The second kappa shape index (κ2) is 6.99. The van der Waals surface area contributed by atoms with Crippen LogP contribution in [0.15, 0.2) is 46.4 Å². The summed E-state index contributed by atoms with van der Waals surface area (Å²) in [4.78, 5) is 13.5. The van der Waals surface area contributed by atoms with Crippen LogP contribution in [0.4, 0.5) is 13.2 Å². The van der Waals surface area contributed by atoms with Gasteiger partial charge < -0.3 is 4.57 Å². The van der Waals surface area contributed by atoms with Crippen LogP contribution in [0.5, 0.6) is 0 Å². The van der Waals surface area contributed by atoms with Gasteiger partial charge in [0.2, 0.25) is 0 Å². The Kier molecular flexibility index (Phi) is 4.77. The molecule has 0 spiro atoms. The molecule has 1 unspecified atom stereocenters. The Bertz CT molecular complexity index is 1120. The van der Waals surface area contributed by atoms with Gasteiger partial charge in [0.05, 0.1) is 29.6 Å². The zero-order valence-corrected chi connectivity index (χ0v) is 16.9. The van der Waals surface area contributed by atoms with E-state index < -0.39 is 17.8 Å². The average Bonchev–Trinajstić information content (AvgIpc) is 3.46. The van der Waals surface area contributed by atoms with Gasteiger partial charge in [0.15, 0.2) is 5.49 Å². The summed E-state index contributed by atoms with van der Waals surface area (Å²) in [5.41, 5.74) is 1.53. The number of alkyl halides is 3. The van der Waals surface area contributed by atoms with E-state index in [0.717, 1.165) is 29.8 Å². The highest BCUT2D eigenvalue weighted by Crippen LogP contribution is 2.37. The van der Waals surface area contributed by atoms with E-state index in [0.29, 0.717) is 21.7 Å². The van der Waals surface area contributed by atoms with Crippen molar-refractivity contribution in [2.75, 3.05) is 0 Å². The van der Waals surface area contributed by atoms with Crippen molar-refractivity contribution >= 4 is 26.8 Å². The third-order valence-electron chi connectivity index (χ3n) is 5.06. The fourth-order valence-corrected chi connectivity index (χ4v) is 3.80. The minimum absolute atomic E-state index is 0.197. The molecule has 0 saturated heterocycles. The van der Waals surface area contributed by atoms with Crippen LogP contribution in [0.2, 0.25) is 0 Å². The van der Waals surface area contributed by atoms with Crippen LogP contribution in [-0.2, 0) is 6.18 Å². The summed E-state index contributed by atoms with van der Waals surface area (Å²) in [6, 6.07) is 6.02. The highest BCUT2D eigenvalue weighted by Gasteiger charge is 2.33. The lowest BCUT2D eigenvalue weighted by Gasteiger charge is -2.16. The van der Waals surface area contributed by atoms with Crippen LogP contribution in [0.1, 0.15) is 48.5 Å². The average molecular weight is 451 g/mol. The molecule has 4 nitrogen and oxygen atoms in total. The van der Waals surface area contributed by atoms with Gasteiger partial charge in [-0.2, -0.15) is 13.2 Å². The highest BCUT2D eigenvalue weighted by atomic mass is 79.9. The molecule has 2 aromatic heterocycles. The summed E-state index contributed by atoms with van der Waals surface area (Å²) in [7, 11) is 0. The van der Waals surface area contributed by atoms with Crippen molar-refractivity contribution in [2.45, 2.75) is 44.9 Å². The summed E-state index contributed by atoms with van der Waals surface area (Å²) < 4.78 is 42.5. The van der Waals surface area contributed by atoms with Gasteiger partial charge in [0, 0.05) is 11.4 Å². The molecule has 1 aliphatic rings. The van der Waals surface area contributed by atoms with E-state index in [2.05, 4.69) is 35.5 Å². The molecule has 1 aromatic carbocycles. The monoisotopic (exact) mass is 450 g/mol. The molecule has 146 valence electrons. The van der Waals surface area contributed by atoms with E-state index in [1.807, 2.05) is 6.07 Å².